The summed E-state index contributed by atoms with van der Waals surface area (Å²) in [7, 11) is 0. The van der Waals surface area contributed by atoms with E-state index >= 15 is 0 Å². The van der Waals surface area contributed by atoms with Crippen LogP contribution in [0.15, 0.2) is 24.0 Å². The van der Waals surface area contributed by atoms with Crippen molar-refractivity contribution in [1.82, 2.24) is 4.98 Å². The highest BCUT2D eigenvalue weighted by Crippen LogP contribution is 2.10. The topological polar surface area (TPSA) is 65.5 Å². The van der Waals surface area contributed by atoms with Crippen LogP contribution in [0.1, 0.15) is 25.0 Å². The van der Waals surface area contributed by atoms with Crippen molar-refractivity contribution >= 4 is 17.8 Å². The fraction of sp³-hybridized carbons (Fsp3) is 0.400. The van der Waals surface area contributed by atoms with Crippen molar-refractivity contribution in [2.75, 3.05) is 19.8 Å². The normalized spacial score (nSPS) is 11.2. The molecule has 5 heteroatoms. The lowest BCUT2D eigenvalue weighted by Crippen LogP contribution is -2.20. The van der Waals surface area contributed by atoms with Crippen LogP contribution in [0.5, 0.6) is 0 Å². The van der Waals surface area contributed by atoms with Gasteiger partial charge >= 0.3 is 5.97 Å². The van der Waals surface area contributed by atoms with Crippen molar-refractivity contribution in [3.8, 4) is 0 Å². The summed E-state index contributed by atoms with van der Waals surface area (Å²) in [6.07, 6.45) is 4.77. The number of hydrogen-bond donors (Lipinski definition) is 0. The number of Topliss-reactive ketones (excluding diaryl/α,β-unsaturated/α-hetero) is 1. The number of ketones is 1. The van der Waals surface area contributed by atoms with Gasteiger partial charge in [0.15, 0.2) is 5.78 Å². The maximum Gasteiger partial charge on any atom is 0.341 e. The van der Waals surface area contributed by atoms with Crippen LogP contribution >= 0.6 is 0 Å². The first-order valence-corrected chi connectivity index (χ1v) is 6.49. The lowest BCUT2D eigenvalue weighted by Gasteiger charge is -2.07. The number of rotatable bonds is 7. The van der Waals surface area contributed by atoms with Gasteiger partial charge in [-0.15, -0.1) is 0 Å². The molecule has 0 aliphatic heterocycles. The first kappa shape index (κ1) is 16.0. The second kappa shape index (κ2) is 8.22. The highest BCUT2D eigenvalue weighted by atomic mass is 16.5. The molecule has 1 aromatic heterocycles. The Morgan fingerprint density at radius 3 is 2.60 bits per heavy atom. The summed E-state index contributed by atoms with van der Waals surface area (Å²) in [5, 5.41) is 0. The van der Waals surface area contributed by atoms with Crippen LogP contribution in [0, 0.1) is 6.92 Å². The Hall–Kier alpha value is -2.01. The van der Waals surface area contributed by atoms with Crippen LogP contribution < -0.4 is 0 Å². The minimum atomic E-state index is -0.640. The largest absolute Gasteiger partial charge is 0.462 e. The molecule has 0 atom stereocenters. The number of pyridine rings is 1. The minimum Gasteiger partial charge on any atom is -0.462 e. The Morgan fingerprint density at radius 2 is 2.00 bits per heavy atom. The van der Waals surface area contributed by atoms with Gasteiger partial charge in [-0.05, 0) is 44.0 Å². The Balaban J connectivity index is 3.03. The van der Waals surface area contributed by atoms with Crippen LogP contribution in [0.3, 0.4) is 0 Å². The Kier molecular flexibility index (Phi) is 6.59. The molecule has 0 amide bonds. The Labute approximate surface area is 118 Å². The zero-order chi connectivity index (χ0) is 15.0. The fourth-order valence-electron chi connectivity index (χ4n) is 1.56. The quantitative estimate of drug-likeness (QED) is 0.330. The van der Waals surface area contributed by atoms with Crippen molar-refractivity contribution in [2.24, 2.45) is 0 Å². The lowest BCUT2D eigenvalue weighted by molar-refractivity contribution is -0.140. The van der Waals surface area contributed by atoms with E-state index in [1.54, 1.807) is 26.2 Å². The summed E-state index contributed by atoms with van der Waals surface area (Å²) in [5.74, 6) is -1.04. The number of nitrogens with zero attached hydrogens (tertiary/aromatic N) is 1. The van der Waals surface area contributed by atoms with E-state index in [0.717, 1.165) is 5.56 Å². The van der Waals surface area contributed by atoms with E-state index in [4.69, 9.17) is 9.47 Å². The van der Waals surface area contributed by atoms with Crippen molar-refractivity contribution in [3.63, 3.8) is 0 Å². The molecule has 5 nitrogen and oxygen atoms in total. The van der Waals surface area contributed by atoms with Crippen LogP contribution in [0.4, 0.5) is 0 Å². The highest BCUT2D eigenvalue weighted by Gasteiger charge is 2.19. The van der Waals surface area contributed by atoms with Crippen LogP contribution in [-0.2, 0) is 19.1 Å². The van der Waals surface area contributed by atoms with Gasteiger partial charge in [-0.1, -0.05) is 0 Å². The molecule has 0 saturated heterocycles. The number of aromatic nitrogens is 1. The Bertz CT molecular complexity index is 508. The number of ether oxygens (including phenoxy) is 2. The van der Waals surface area contributed by atoms with E-state index in [0.29, 0.717) is 12.2 Å². The van der Waals surface area contributed by atoms with Gasteiger partial charge in [-0.2, -0.15) is 0 Å². The average molecular weight is 277 g/mol. The van der Waals surface area contributed by atoms with Crippen LogP contribution in [0.25, 0.3) is 6.08 Å². The molecule has 1 heterocycles. The van der Waals surface area contributed by atoms with Crippen molar-refractivity contribution < 1.29 is 19.1 Å². The molecule has 0 unspecified atom stereocenters. The molecule has 0 N–H and O–H groups in total. The molecule has 20 heavy (non-hydrogen) atoms. The molecule has 1 rings (SSSR count). The van der Waals surface area contributed by atoms with Crippen LogP contribution in [-0.4, -0.2) is 36.6 Å². The molecule has 0 bridgehead atoms. The summed E-state index contributed by atoms with van der Waals surface area (Å²) in [6, 6.07) is 1.83. The van der Waals surface area contributed by atoms with Gasteiger partial charge in [0.2, 0.25) is 0 Å². The standard InChI is InChI=1S/C15H19NO4/c1-4-19-10-14(17)13(15(18)20-5-2)7-12-6-11(3)8-16-9-12/h6-9H,4-5,10H2,1-3H3/b13-7-. The van der Waals surface area contributed by atoms with E-state index in [9.17, 15) is 9.59 Å². The molecular weight excluding hydrogens is 258 g/mol. The third-order valence-corrected chi connectivity index (χ3v) is 2.44. The average Bonchev–Trinajstić information content (AvgIpc) is 2.42. The van der Waals surface area contributed by atoms with E-state index < -0.39 is 11.8 Å². The first-order chi connectivity index (χ1) is 9.58. The minimum absolute atomic E-state index is 0.0206. The van der Waals surface area contributed by atoms with E-state index in [2.05, 4.69) is 4.98 Å². The number of aryl methyl sites for hydroxylation is 1. The predicted octanol–water partition coefficient (Wildman–Crippen LogP) is 1.94. The van der Waals surface area contributed by atoms with Gasteiger partial charge in [-0.3, -0.25) is 9.78 Å². The van der Waals surface area contributed by atoms with E-state index in [1.165, 1.54) is 6.08 Å². The number of esters is 1. The SMILES string of the molecule is CCOCC(=O)/C(=C/c1cncc(C)c1)C(=O)OCC. The summed E-state index contributed by atoms with van der Waals surface area (Å²) in [6.45, 7) is 5.84. The van der Waals surface area contributed by atoms with Crippen LogP contribution in [0.2, 0.25) is 0 Å². The monoisotopic (exact) mass is 277 g/mol. The maximum atomic E-state index is 12.0. The van der Waals surface area contributed by atoms with Crippen molar-refractivity contribution in [1.29, 1.82) is 0 Å². The molecule has 108 valence electrons. The molecule has 0 aliphatic carbocycles. The zero-order valence-corrected chi connectivity index (χ0v) is 12.0. The lowest BCUT2D eigenvalue weighted by atomic mass is 10.1. The molecule has 0 fully saturated rings. The van der Waals surface area contributed by atoms with Gasteiger partial charge in [0, 0.05) is 19.0 Å². The first-order valence-electron chi connectivity index (χ1n) is 6.49. The molecule has 0 radical (unpaired) electrons. The highest BCUT2D eigenvalue weighted by molar-refractivity contribution is 6.21. The molecule has 0 spiro atoms. The summed E-state index contributed by atoms with van der Waals surface area (Å²) < 4.78 is 9.96. The summed E-state index contributed by atoms with van der Waals surface area (Å²) in [4.78, 5) is 27.9. The number of carbonyl (C=O) groups excluding carboxylic acids is 2. The molecular formula is C15H19NO4. The second-order valence-corrected chi connectivity index (χ2v) is 4.13. The fourth-order valence-corrected chi connectivity index (χ4v) is 1.56. The van der Waals surface area contributed by atoms with Crippen molar-refractivity contribution in [2.45, 2.75) is 20.8 Å². The van der Waals surface area contributed by atoms with Gasteiger partial charge in [-0.25, -0.2) is 4.79 Å². The summed E-state index contributed by atoms with van der Waals surface area (Å²) in [5.41, 5.74) is 1.60. The zero-order valence-electron chi connectivity index (χ0n) is 12.0. The third kappa shape index (κ3) is 4.93. The maximum absolute atomic E-state index is 12.0. The molecule has 0 saturated carbocycles. The Morgan fingerprint density at radius 1 is 1.25 bits per heavy atom. The van der Waals surface area contributed by atoms with E-state index in [1.807, 2.05) is 13.0 Å². The van der Waals surface area contributed by atoms with Gasteiger partial charge in [0.1, 0.15) is 12.2 Å². The van der Waals surface area contributed by atoms with Crippen molar-refractivity contribution in [3.05, 3.63) is 35.2 Å². The number of carbonyl (C=O) groups is 2. The smallest absolute Gasteiger partial charge is 0.341 e. The van der Waals surface area contributed by atoms with Gasteiger partial charge < -0.3 is 9.47 Å². The molecule has 1 aromatic rings. The molecule has 0 aromatic carbocycles. The van der Waals surface area contributed by atoms with E-state index in [-0.39, 0.29) is 18.8 Å². The van der Waals surface area contributed by atoms with Gasteiger partial charge in [0.05, 0.1) is 6.61 Å². The third-order valence-electron chi connectivity index (χ3n) is 2.44. The van der Waals surface area contributed by atoms with Gasteiger partial charge in [0.25, 0.3) is 0 Å². The molecule has 0 aliphatic rings. The predicted molar refractivity (Wildman–Crippen MR) is 75.1 cm³/mol. The second-order valence-electron chi connectivity index (χ2n) is 4.13. The number of hydrogen-bond acceptors (Lipinski definition) is 5. The summed E-state index contributed by atoms with van der Waals surface area (Å²) >= 11 is 0.